The Kier molecular flexibility index (Phi) is 15.7. The third-order valence-electron chi connectivity index (χ3n) is 1.50. The van der Waals surface area contributed by atoms with Gasteiger partial charge in [0.2, 0.25) is 0 Å². The molecule has 1 aliphatic carbocycles. The van der Waals surface area contributed by atoms with Gasteiger partial charge in [-0.15, -0.1) is 6.42 Å². The minimum absolute atomic E-state index is 0. The van der Waals surface area contributed by atoms with Crippen molar-refractivity contribution >= 4 is 8.07 Å². The molecule has 0 fully saturated rings. The first-order chi connectivity index (χ1) is 4.11. The SMILES string of the molecule is C[Si](C)(C)C1=[C-]CC=C1.F.F.F.[Ti]. The summed E-state index contributed by atoms with van der Waals surface area (Å²) in [7, 11) is -1.01. The van der Waals surface area contributed by atoms with E-state index in [4.69, 9.17) is 0 Å². The predicted octanol–water partition coefficient (Wildman–Crippen LogP) is 3.01. The summed E-state index contributed by atoms with van der Waals surface area (Å²) in [6, 6.07) is 0. The average Bonchev–Trinajstić information content (AvgIpc) is 2.08. The number of rotatable bonds is 1. The van der Waals surface area contributed by atoms with Gasteiger partial charge in [0, 0.05) is 29.8 Å². The Morgan fingerprint density at radius 1 is 1.15 bits per heavy atom. The van der Waals surface area contributed by atoms with Gasteiger partial charge in [-0.3, -0.25) is 20.2 Å². The molecular weight excluding hydrogens is 229 g/mol. The molecular formula is C8H16F3SiTi-. The summed E-state index contributed by atoms with van der Waals surface area (Å²) >= 11 is 0. The number of hydrogen-bond acceptors (Lipinski definition) is 0. The summed E-state index contributed by atoms with van der Waals surface area (Å²) in [4.78, 5) is 0. The third kappa shape index (κ3) is 7.29. The van der Waals surface area contributed by atoms with E-state index in [1.807, 2.05) is 0 Å². The fourth-order valence-corrected chi connectivity index (χ4v) is 2.17. The molecule has 0 nitrogen and oxygen atoms in total. The molecule has 1 aliphatic rings. The molecule has 0 aliphatic heterocycles. The Hall–Kier alpha value is 0.201. The van der Waals surface area contributed by atoms with Gasteiger partial charge in [-0.2, -0.15) is 6.08 Å². The van der Waals surface area contributed by atoms with E-state index >= 15 is 0 Å². The monoisotopic (exact) mass is 245 g/mol. The number of allylic oxidation sites excluding steroid dienone is 4. The maximum absolute atomic E-state index is 3.36. The van der Waals surface area contributed by atoms with Crippen molar-refractivity contribution < 1.29 is 35.8 Å². The smallest absolute Gasteiger partial charge is 0.0393 e. The number of halogens is 3. The Balaban J connectivity index is -0.000000101. The van der Waals surface area contributed by atoms with E-state index in [9.17, 15) is 0 Å². The van der Waals surface area contributed by atoms with Crippen molar-refractivity contribution in [1.82, 2.24) is 0 Å². The van der Waals surface area contributed by atoms with Crippen molar-refractivity contribution in [3.05, 3.63) is 23.4 Å². The van der Waals surface area contributed by atoms with Gasteiger partial charge in [-0.05, 0) is 0 Å². The zero-order valence-electron chi connectivity index (χ0n) is 8.09. The molecule has 0 saturated carbocycles. The molecule has 0 bridgehead atoms. The van der Waals surface area contributed by atoms with Crippen LogP contribution in [0.25, 0.3) is 0 Å². The molecule has 0 aromatic carbocycles. The third-order valence-corrected chi connectivity index (χ3v) is 3.46. The Morgan fingerprint density at radius 2 is 1.62 bits per heavy atom. The molecule has 0 heterocycles. The minimum atomic E-state index is -1.01. The van der Waals surface area contributed by atoms with Gasteiger partial charge in [0.25, 0.3) is 0 Å². The zero-order chi connectivity index (χ0) is 6.91. The van der Waals surface area contributed by atoms with Gasteiger partial charge in [-0.25, -0.2) is 11.3 Å². The van der Waals surface area contributed by atoms with Crippen LogP contribution in [0.1, 0.15) is 6.42 Å². The molecule has 0 spiro atoms. The van der Waals surface area contributed by atoms with Gasteiger partial charge < -0.3 is 0 Å². The van der Waals surface area contributed by atoms with Crippen LogP contribution >= 0.6 is 0 Å². The first kappa shape index (κ1) is 23.2. The van der Waals surface area contributed by atoms with E-state index in [1.54, 1.807) is 0 Å². The fourth-order valence-electron chi connectivity index (χ4n) is 0.920. The van der Waals surface area contributed by atoms with Crippen molar-refractivity contribution in [2.75, 3.05) is 0 Å². The van der Waals surface area contributed by atoms with E-state index in [0.29, 0.717) is 0 Å². The van der Waals surface area contributed by atoms with Crippen LogP contribution in [0.3, 0.4) is 0 Å². The Labute approximate surface area is 93.5 Å². The maximum Gasteiger partial charge on any atom is 0.0393 e. The molecule has 0 atom stereocenters. The summed E-state index contributed by atoms with van der Waals surface area (Å²) in [6.07, 6.45) is 8.82. The largest absolute Gasteiger partial charge is 0.274 e. The van der Waals surface area contributed by atoms with E-state index < -0.39 is 8.07 Å². The molecule has 0 aromatic rings. The molecule has 0 radical (unpaired) electrons. The molecule has 1 rings (SSSR count). The van der Waals surface area contributed by atoms with E-state index in [0.717, 1.165) is 6.42 Å². The van der Waals surface area contributed by atoms with Crippen LogP contribution in [0, 0.1) is 6.08 Å². The fraction of sp³-hybridized carbons (Fsp3) is 0.500. The quantitative estimate of drug-likeness (QED) is 0.492. The molecule has 0 N–H and O–H groups in total. The molecule has 13 heavy (non-hydrogen) atoms. The summed E-state index contributed by atoms with van der Waals surface area (Å²) < 4.78 is 0. The van der Waals surface area contributed by atoms with Gasteiger partial charge in [0.1, 0.15) is 0 Å². The van der Waals surface area contributed by atoms with Crippen LogP contribution in [-0.4, -0.2) is 8.07 Å². The Morgan fingerprint density at radius 3 is 1.77 bits per heavy atom. The van der Waals surface area contributed by atoms with Crippen LogP contribution < -0.4 is 0 Å². The van der Waals surface area contributed by atoms with Crippen LogP contribution in [0.15, 0.2) is 17.3 Å². The molecule has 0 saturated heterocycles. The van der Waals surface area contributed by atoms with Crippen molar-refractivity contribution in [2.45, 2.75) is 26.1 Å². The summed E-state index contributed by atoms with van der Waals surface area (Å²) in [6.45, 7) is 7.06. The van der Waals surface area contributed by atoms with Crippen LogP contribution in [0.4, 0.5) is 14.1 Å². The van der Waals surface area contributed by atoms with Crippen molar-refractivity contribution in [2.24, 2.45) is 0 Å². The second-order valence-corrected chi connectivity index (χ2v) is 8.49. The molecule has 0 aromatic heterocycles. The maximum atomic E-state index is 3.36. The van der Waals surface area contributed by atoms with Crippen LogP contribution in [0.5, 0.6) is 0 Å². The number of hydrogen-bond donors (Lipinski definition) is 0. The molecule has 0 unspecified atom stereocenters. The normalized spacial score (nSPS) is 12.7. The summed E-state index contributed by atoms with van der Waals surface area (Å²) in [5.74, 6) is 0. The van der Waals surface area contributed by atoms with Gasteiger partial charge in [-0.1, -0.05) is 19.6 Å². The van der Waals surface area contributed by atoms with Crippen molar-refractivity contribution in [3.8, 4) is 0 Å². The van der Waals surface area contributed by atoms with Crippen molar-refractivity contribution in [3.63, 3.8) is 0 Å². The average molecular weight is 245 g/mol. The standard InChI is InChI=1S/C8H13Si.3FH.Ti/c1-9(2,3)8-6-4-5-7-8;;;;/h4,6H,5H2,1-3H3;3*1H;/q-1;;;;. The van der Waals surface area contributed by atoms with Gasteiger partial charge in [0.15, 0.2) is 0 Å². The summed E-state index contributed by atoms with van der Waals surface area (Å²) in [5.41, 5.74) is 0. The molecule has 0 amide bonds. The topological polar surface area (TPSA) is 0 Å². The minimum Gasteiger partial charge on any atom is -0.274 e. The molecule has 78 valence electrons. The van der Waals surface area contributed by atoms with Gasteiger partial charge >= 0.3 is 0 Å². The Bertz CT molecular complexity index is 173. The molecule has 5 heteroatoms. The second-order valence-electron chi connectivity index (χ2n) is 3.45. The van der Waals surface area contributed by atoms with Crippen LogP contribution in [-0.2, 0) is 21.7 Å². The summed E-state index contributed by atoms with van der Waals surface area (Å²) in [5, 5.41) is 1.49. The van der Waals surface area contributed by atoms with Crippen molar-refractivity contribution in [1.29, 1.82) is 0 Å². The van der Waals surface area contributed by atoms with Crippen LogP contribution in [0.2, 0.25) is 19.6 Å². The van der Waals surface area contributed by atoms with E-state index in [-0.39, 0.29) is 35.8 Å². The van der Waals surface area contributed by atoms with E-state index in [1.165, 1.54) is 5.20 Å². The second kappa shape index (κ2) is 8.78. The predicted molar refractivity (Wildman–Crippen MR) is 51.4 cm³/mol. The van der Waals surface area contributed by atoms with Gasteiger partial charge in [0.05, 0.1) is 0 Å². The first-order valence-corrected chi connectivity index (χ1v) is 6.88. The first-order valence-electron chi connectivity index (χ1n) is 3.38. The zero-order valence-corrected chi connectivity index (χ0v) is 10.6. The van der Waals surface area contributed by atoms with E-state index in [2.05, 4.69) is 37.9 Å².